The van der Waals surface area contributed by atoms with E-state index in [1.165, 1.54) is 0 Å². The minimum absolute atomic E-state index is 0.0196. The molecule has 102 valence electrons. The third-order valence-corrected chi connectivity index (χ3v) is 3.38. The van der Waals surface area contributed by atoms with Gasteiger partial charge >= 0.3 is 12.0 Å². The molecule has 5 nitrogen and oxygen atoms in total. The summed E-state index contributed by atoms with van der Waals surface area (Å²) in [7, 11) is 1.75. The highest BCUT2D eigenvalue weighted by molar-refractivity contribution is 5.77. The molecule has 0 saturated carbocycles. The fraction of sp³-hybridized carbons (Fsp3) is 0.429. The molecule has 0 aliphatic carbocycles. The van der Waals surface area contributed by atoms with Crippen molar-refractivity contribution in [1.29, 1.82) is 0 Å². The summed E-state index contributed by atoms with van der Waals surface area (Å²) in [4.78, 5) is 26.1. The highest BCUT2D eigenvalue weighted by Gasteiger charge is 2.34. The number of hydrogen-bond acceptors (Lipinski definition) is 2. The molecule has 0 aromatic heterocycles. The first-order chi connectivity index (χ1) is 9.08. The van der Waals surface area contributed by atoms with Crippen LogP contribution in [0.5, 0.6) is 0 Å². The van der Waals surface area contributed by atoms with Crippen LogP contribution in [0.25, 0.3) is 0 Å². The van der Waals surface area contributed by atoms with Gasteiger partial charge in [0.2, 0.25) is 0 Å². The van der Waals surface area contributed by atoms with Gasteiger partial charge in [-0.3, -0.25) is 4.79 Å². The molecule has 0 radical (unpaired) electrons. The van der Waals surface area contributed by atoms with Crippen molar-refractivity contribution >= 4 is 12.0 Å². The monoisotopic (exact) mass is 262 g/mol. The normalized spacial score (nSPS) is 19.0. The molecule has 1 saturated heterocycles. The van der Waals surface area contributed by atoms with E-state index in [0.29, 0.717) is 19.5 Å². The van der Waals surface area contributed by atoms with E-state index in [2.05, 4.69) is 0 Å². The summed E-state index contributed by atoms with van der Waals surface area (Å²) in [6, 6.07) is 9.70. The Kier molecular flexibility index (Phi) is 4.04. The summed E-state index contributed by atoms with van der Waals surface area (Å²) in [5, 5.41) is 8.76. The van der Waals surface area contributed by atoms with Crippen molar-refractivity contribution in [2.24, 2.45) is 0 Å². The molecule has 1 atom stereocenters. The quantitative estimate of drug-likeness (QED) is 0.880. The molecule has 1 fully saturated rings. The number of benzene rings is 1. The molecule has 2 rings (SSSR count). The van der Waals surface area contributed by atoms with Crippen molar-refractivity contribution in [3.63, 3.8) is 0 Å². The SMILES string of the molecule is CN1CC(CCC(=O)O)N(Cc2ccccc2)C1=O. The molecule has 1 aliphatic rings. The number of rotatable bonds is 5. The molecule has 0 spiro atoms. The highest BCUT2D eigenvalue weighted by Crippen LogP contribution is 2.21. The lowest BCUT2D eigenvalue weighted by atomic mass is 10.1. The maximum atomic E-state index is 12.1. The zero-order chi connectivity index (χ0) is 13.8. The largest absolute Gasteiger partial charge is 0.481 e. The molecule has 1 heterocycles. The number of aliphatic carboxylic acids is 1. The lowest BCUT2D eigenvalue weighted by molar-refractivity contribution is -0.137. The summed E-state index contributed by atoms with van der Waals surface area (Å²) in [5.74, 6) is -0.818. The molecular weight excluding hydrogens is 244 g/mol. The van der Waals surface area contributed by atoms with Crippen LogP contribution >= 0.6 is 0 Å². The molecule has 19 heavy (non-hydrogen) atoms. The average molecular weight is 262 g/mol. The number of amides is 2. The number of hydrogen-bond donors (Lipinski definition) is 1. The van der Waals surface area contributed by atoms with E-state index in [4.69, 9.17) is 5.11 Å². The van der Waals surface area contributed by atoms with Gasteiger partial charge in [-0.25, -0.2) is 4.79 Å². The molecule has 1 aromatic rings. The molecule has 1 N–H and O–H groups in total. The predicted octanol–water partition coefficient (Wildman–Crippen LogP) is 1.79. The molecule has 0 bridgehead atoms. The second-order valence-electron chi connectivity index (χ2n) is 4.86. The van der Waals surface area contributed by atoms with E-state index in [-0.39, 0.29) is 18.5 Å². The van der Waals surface area contributed by atoms with Crippen LogP contribution in [0.4, 0.5) is 4.79 Å². The van der Waals surface area contributed by atoms with Gasteiger partial charge in [-0.15, -0.1) is 0 Å². The maximum absolute atomic E-state index is 12.1. The molecule has 1 aliphatic heterocycles. The lowest BCUT2D eigenvalue weighted by Crippen LogP contribution is -2.34. The average Bonchev–Trinajstić information content (AvgIpc) is 2.65. The molecule has 5 heteroatoms. The fourth-order valence-corrected chi connectivity index (χ4v) is 2.38. The van der Waals surface area contributed by atoms with Crippen molar-refractivity contribution in [3.05, 3.63) is 35.9 Å². The molecular formula is C14H18N2O3. The van der Waals surface area contributed by atoms with Gasteiger partial charge in [0.1, 0.15) is 0 Å². The van der Waals surface area contributed by atoms with Gasteiger partial charge in [-0.05, 0) is 12.0 Å². The van der Waals surface area contributed by atoms with Crippen LogP contribution in [0.3, 0.4) is 0 Å². The standard InChI is InChI=1S/C14H18N2O3/c1-15-10-12(7-8-13(17)18)16(14(15)19)9-11-5-3-2-4-6-11/h2-6,12H,7-10H2,1H3,(H,17,18). The van der Waals surface area contributed by atoms with Crippen molar-refractivity contribution in [3.8, 4) is 0 Å². The zero-order valence-corrected chi connectivity index (χ0v) is 11.0. The minimum atomic E-state index is -0.818. The van der Waals surface area contributed by atoms with Crippen LogP contribution in [0.1, 0.15) is 18.4 Å². The van der Waals surface area contributed by atoms with Crippen LogP contribution in [-0.2, 0) is 11.3 Å². The van der Waals surface area contributed by atoms with Gasteiger partial charge in [0, 0.05) is 26.6 Å². The van der Waals surface area contributed by atoms with E-state index in [9.17, 15) is 9.59 Å². The zero-order valence-electron chi connectivity index (χ0n) is 11.0. The Bertz CT molecular complexity index is 461. The van der Waals surface area contributed by atoms with Crippen LogP contribution in [0.15, 0.2) is 30.3 Å². The van der Waals surface area contributed by atoms with E-state index >= 15 is 0 Å². The summed E-state index contributed by atoms with van der Waals surface area (Å²) >= 11 is 0. The van der Waals surface area contributed by atoms with Crippen molar-refractivity contribution < 1.29 is 14.7 Å². The van der Waals surface area contributed by atoms with E-state index in [1.807, 2.05) is 30.3 Å². The summed E-state index contributed by atoms with van der Waals surface area (Å²) in [6.45, 7) is 1.13. The topological polar surface area (TPSA) is 60.9 Å². The van der Waals surface area contributed by atoms with Crippen LogP contribution in [0, 0.1) is 0 Å². The first-order valence-electron chi connectivity index (χ1n) is 6.35. The first-order valence-corrected chi connectivity index (χ1v) is 6.35. The van der Waals surface area contributed by atoms with Crippen molar-refractivity contribution in [2.45, 2.75) is 25.4 Å². The lowest BCUT2D eigenvalue weighted by Gasteiger charge is -2.22. The van der Waals surface area contributed by atoms with E-state index in [1.54, 1.807) is 16.8 Å². The number of carboxylic acids is 1. The maximum Gasteiger partial charge on any atom is 0.320 e. The van der Waals surface area contributed by atoms with Crippen LogP contribution in [-0.4, -0.2) is 46.5 Å². The number of carboxylic acid groups (broad SMARTS) is 1. The number of likely N-dealkylation sites (N-methyl/N-ethyl adjacent to an activating group) is 1. The van der Waals surface area contributed by atoms with Gasteiger partial charge < -0.3 is 14.9 Å². The number of nitrogens with zero attached hydrogens (tertiary/aromatic N) is 2. The Hall–Kier alpha value is -2.04. The van der Waals surface area contributed by atoms with Gasteiger partial charge in [-0.2, -0.15) is 0 Å². The Morgan fingerprint density at radius 1 is 1.37 bits per heavy atom. The molecule has 2 amide bonds. The third-order valence-electron chi connectivity index (χ3n) is 3.38. The second kappa shape index (κ2) is 5.73. The van der Waals surface area contributed by atoms with Gasteiger partial charge in [0.05, 0.1) is 6.04 Å². The molecule has 1 unspecified atom stereocenters. The Balaban J connectivity index is 2.05. The van der Waals surface area contributed by atoms with Gasteiger partial charge in [0.25, 0.3) is 0 Å². The summed E-state index contributed by atoms with van der Waals surface area (Å²) in [6.07, 6.45) is 0.593. The Labute approximate surface area is 112 Å². The van der Waals surface area contributed by atoms with Crippen LogP contribution < -0.4 is 0 Å². The van der Waals surface area contributed by atoms with Crippen LogP contribution in [0.2, 0.25) is 0 Å². The summed E-state index contributed by atoms with van der Waals surface area (Å²) in [5.41, 5.74) is 1.06. The number of carbonyl (C=O) groups excluding carboxylic acids is 1. The van der Waals surface area contributed by atoms with E-state index < -0.39 is 5.97 Å². The number of urea groups is 1. The van der Waals surface area contributed by atoms with E-state index in [0.717, 1.165) is 5.56 Å². The first kappa shape index (κ1) is 13.4. The Morgan fingerprint density at radius 2 is 2.05 bits per heavy atom. The Morgan fingerprint density at radius 3 is 2.68 bits per heavy atom. The highest BCUT2D eigenvalue weighted by atomic mass is 16.4. The predicted molar refractivity (Wildman–Crippen MR) is 70.7 cm³/mol. The third kappa shape index (κ3) is 3.24. The van der Waals surface area contributed by atoms with Gasteiger partial charge in [-0.1, -0.05) is 30.3 Å². The number of carbonyl (C=O) groups is 2. The van der Waals surface area contributed by atoms with Gasteiger partial charge in [0.15, 0.2) is 0 Å². The molecule has 1 aromatic carbocycles. The van der Waals surface area contributed by atoms with Crippen molar-refractivity contribution in [1.82, 2.24) is 9.80 Å². The summed E-state index contributed by atoms with van der Waals surface area (Å²) < 4.78 is 0. The minimum Gasteiger partial charge on any atom is -0.481 e. The second-order valence-corrected chi connectivity index (χ2v) is 4.86. The fourth-order valence-electron chi connectivity index (χ4n) is 2.38. The smallest absolute Gasteiger partial charge is 0.320 e. The van der Waals surface area contributed by atoms with Crippen molar-refractivity contribution in [2.75, 3.05) is 13.6 Å².